The van der Waals surface area contributed by atoms with Gasteiger partial charge in [0.05, 0.1) is 21.4 Å². The van der Waals surface area contributed by atoms with Crippen molar-refractivity contribution in [3.63, 3.8) is 0 Å². The molecule has 1 unspecified atom stereocenters. The molecule has 37 heavy (non-hydrogen) atoms. The highest BCUT2D eigenvalue weighted by Crippen LogP contribution is 2.30. The summed E-state index contributed by atoms with van der Waals surface area (Å²) in [5, 5.41) is 3.06. The molecule has 0 aliphatic carbocycles. The van der Waals surface area contributed by atoms with Gasteiger partial charge in [0.25, 0.3) is 5.91 Å². The summed E-state index contributed by atoms with van der Waals surface area (Å²) < 4.78 is 28.2. The minimum atomic E-state index is -4.19. The van der Waals surface area contributed by atoms with E-state index in [1.165, 1.54) is 23.1 Å². The van der Waals surface area contributed by atoms with Crippen molar-refractivity contribution in [1.29, 1.82) is 0 Å². The summed E-state index contributed by atoms with van der Waals surface area (Å²) in [7, 11) is -4.19. The van der Waals surface area contributed by atoms with Gasteiger partial charge in [-0.05, 0) is 34.9 Å². The third-order valence-electron chi connectivity index (χ3n) is 6.07. The SMILES string of the molecule is NCc1cccc(CNC(=O)C2N(C(=O)Cc3ccccc3)CCN2S(=O)(=O)c2ccc(Cl)c(Cl)c2)c1. The van der Waals surface area contributed by atoms with E-state index in [2.05, 4.69) is 5.32 Å². The number of nitrogens with two attached hydrogens (primary N) is 1. The van der Waals surface area contributed by atoms with Crippen LogP contribution in [0.4, 0.5) is 0 Å². The molecule has 1 aliphatic rings. The first-order valence-corrected chi connectivity index (χ1v) is 13.8. The minimum absolute atomic E-state index is 0.0316. The molecule has 4 rings (SSSR count). The monoisotopic (exact) mass is 560 g/mol. The summed E-state index contributed by atoms with van der Waals surface area (Å²) in [6.45, 7) is 0.503. The van der Waals surface area contributed by atoms with E-state index in [9.17, 15) is 18.0 Å². The lowest BCUT2D eigenvalue weighted by molar-refractivity contribution is -0.140. The normalized spacial score (nSPS) is 16.1. The number of halogens is 2. The van der Waals surface area contributed by atoms with Gasteiger partial charge in [0.15, 0.2) is 6.17 Å². The van der Waals surface area contributed by atoms with Gasteiger partial charge in [-0.2, -0.15) is 4.31 Å². The van der Waals surface area contributed by atoms with Gasteiger partial charge in [-0.15, -0.1) is 0 Å². The van der Waals surface area contributed by atoms with Crippen molar-refractivity contribution in [3.05, 3.63) is 99.5 Å². The lowest BCUT2D eigenvalue weighted by atomic mass is 10.1. The van der Waals surface area contributed by atoms with E-state index < -0.39 is 22.1 Å². The van der Waals surface area contributed by atoms with Gasteiger partial charge in [0, 0.05) is 26.2 Å². The zero-order chi connectivity index (χ0) is 26.6. The van der Waals surface area contributed by atoms with Gasteiger partial charge in [0.2, 0.25) is 15.9 Å². The van der Waals surface area contributed by atoms with E-state index in [0.717, 1.165) is 21.0 Å². The fourth-order valence-corrected chi connectivity index (χ4v) is 6.12. The molecule has 0 radical (unpaired) electrons. The van der Waals surface area contributed by atoms with E-state index in [1.54, 1.807) is 12.1 Å². The number of hydrogen-bond donors (Lipinski definition) is 2. The Balaban J connectivity index is 1.62. The molecule has 0 aromatic heterocycles. The molecule has 0 spiro atoms. The first kappa shape index (κ1) is 27.1. The molecule has 8 nitrogen and oxygen atoms in total. The Labute approximate surface area is 226 Å². The van der Waals surface area contributed by atoms with Crippen LogP contribution in [0.2, 0.25) is 10.0 Å². The highest BCUT2D eigenvalue weighted by Gasteiger charge is 2.46. The quantitative estimate of drug-likeness (QED) is 0.439. The number of hydrogen-bond acceptors (Lipinski definition) is 5. The van der Waals surface area contributed by atoms with Crippen molar-refractivity contribution in [3.8, 4) is 0 Å². The molecule has 1 atom stereocenters. The Morgan fingerprint density at radius 2 is 1.59 bits per heavy atom. The maximum Gasteiger partial charge on any atom is 0.259 e. The number of rotatable bonds is 8. The number of benzene rings is 3. The Kier molecular flexibility index (Phi) is 8.51. The van der Waals surface area contributed by atoms with Crippen LogP contribution in [0.5, 0.6) is 0 Å². The van der Waals surface area contributed by atoms with Gasteiger partial charge >= 0.3 is 0 Å². The van der Waals surface area contributed by atoms with Crippen molar-refractivity contribution in [2.45, 2.75) is 30.6 Å². The van der Waals surface area contributed by atoms with Crippen LogP contribution in [-0.2, 0) is 39.1 Å². The number of amides is 2. The van der Waals surface area contributed by atoms with Gasteiger partial charge in [-0.25, -0.2) is 8.42 Å². The predicted octanol–water partition coefficient (Wildman–Crippen LogP) is 3.17. The summed E-state index contributed by atoms with van der Waals surface area (Å²) in [5.74, 6) is -0.969. The minimum Gasteiger partial charge on any atom is -0.349 e. The molecule has 1 aliphatic heterocycles. The zero-order valence-corrected chi connectivity index (χ0v) is 22.1. The van der Waals surface area contributed by atoms with Crippen LogP contribution < -0.4 is 11.1 Å². The molecular formula is C26H26Cl2N4O4S. The zero-order valence-electron chi connectivity index (χ0n) is 19.8. The third kappa shape index (κ3) is 6.14. The summed E-state index contributed by atoms with van der Waals surface area (Å²) in [4.78, 5) is 27.9. The molecule has 1 fully saturated rings. The topological polar surface area (TPSA) is 113 Å². The number of sulfonamides is 1. The average molecular weight is 561 g/mol. The highest BCUT2D eigenvalue weighted by atomic mass is 35.5. The van der Waals surface area contributed by atoms with Crippen LogP contribution in [0.25, 0.3) is 0 Å². The number of nitrogens with zero attached hydrogens (tertiary/aromatic N) is 2. The van der Waals surface area contributed by atoms with E-state index >= 15 is 0 Å². The average Bonchev–Trinajstić information content (AvgIpc) is 3.36. The van der Waals surface area contributed by atoms with Gasteiger partial charge < -0.3 is 16.0 Å². The van der Waals surface area contributed by atoms with Crippen molar-refractivity contribution in [1.82, 2.24) is 14.5 Å². The molecule has 2 amide bonds. The third-order valence-corrected chi connectivity index (χ3v) is 8.66. The second kappa shape index (κ2) is 11.6. The van der Waals surface area contributed by atoms with Crippen LogP contribution in [0.1, 0.15) is 16.7 Å². The molecule has 1 saturated heterocycles. The fraction of sp³-hybridized carbons (Fsp3) is 0.231. The van der Waals surface area contributed by atoms with E-state index in [4.69, 9.17) is 28.9 Å². The van der Waals surface area contributed by atoms with Crippen LogP contribution in [0, 0.1) is 0 Å². The van der Waals surface area contributed by atoms with Gasteiger partial charge in [-0.1, -0.05) is 77.8 Å². The van der Waals surface area contributed by atoms with Crippen LogP contribution >= 0.6 is 23.2 Å². The molecule has 3 aromatic carbocycles. The second-order valence-electron chi connectivity index (χ2n) is 8.56. The first-order chi connectivity index (χ1) is 17.7. The molecule has 0 bridgehead atoms. The van der Waals surface area contributed by atoms with Crippen molar-refractivity contribution >= 4 is 45.0 Å². The highest BCUT2D eigenvalue weighted by molar-refractivity contribution is 7.89. The second-order valence-corrected chi connectivity index (χ2v) is 11.3. The smallest absolute Gasteiger partial charge is 0.259 e. The summed E-state index contributed by atoms with van der Waals surface area (Å²) in [6, 6.07) is 20.4. The summed E-state index contributed by atoms with van der Waals surface area (Å²) >= 11 is 12.0. The number of carbonyl (C=O) groups excluding carboxylic acids is 2. The van der Waals surface area contributed by atoms with Gasteiger partial charge in [0.1, 0.15) is 0 Å². The molecule has 1 heterocycles. The first-order valence-electron chi connectivity index (χ1n) is 11.6. The van der Waals surface area contributed by atoms with Crippen LogP contribution in [0.15, 0.2) is 77.7 Å². The van der Waals surface area contributed by atoms with Crippen LogP contribution in [-0.4, -0.2) is 48.7 Å². The van der Waals surface area contributed by atoms with E-state index in [1.807, 2.05) is 42.5 Å². The number of nitrogens with one attached hydrogen (secondary N) is 1. The Morgan fingerprint density at radius 3 is 2.30 bits per heavy atom. The van der Waals surface area contributed by atoms with Crippen molar-refractivity contribution in [2.75, 3.05) is 13.1 Å². The Bertz CT molecular complexity index is 1400. The fourth-order valence-electron chi connectivity index (χ4n) is 4.18. The lowest BCUT2D eigenvalue weighted by Gasteiger charge is -2.29. The largest absolute Gasteiger partial charge is 0.349 e. The molecule has 3 aromatic rings. The van der Waals surface area contributed by atoms with Crippen LogP contribution in [0.3, 0.4) is 0 Å². The van der Waals surface area contributed by atoms with Gasteiger partial charge in [-0.3, -0.25) is 9.59 Å². The maximum absolute atomic E-state index is 13.6. The molecule has 194 valence electrons. The van der Waals surface area contributed by atoms with Crippen molar-refractivity contribution in [2.24, 2.45) is 5.73 Å². The lowest BCUT2D eigenvalue weighted by Crippen LogP contribution is -2.53. The van der Waals surface area contributed by atoms with E-state index in [-0.39, 0.29) is 46.9 Å². The molecule has 0 saturated carbocycles. The maximum atomic E-state index is 13.6. The summed E-state index contributed by atoms with van der Waals surface area (Å²) in [5.41, 5.74) is 8.17. The number of carbonyl (C=O) groups is 2. The van der Waals surface area contributed by atoms with Crippen molar-refractivity contribution < 1.29 is 18.0 Å². The Hall–Kier alpha value is -2.95. The molecule has 11 heteroatoms. The standard InChI is InChI=1S/C26H26Cl2N4O4S/c27-22-10-9-21(15-23(22)28)37(35,36)32-12-11-31(24(33)14-18-5-2-1-3-6-18)26(32)25(34)30-17-20-8-4-7-19(13-20)16-29/h1-10,13,15,26H,11-12,14,16-17,29H2,(H,30,34). The Morgan fingerprint density at radius 1 is 0.892 bits per heavy atom. The summed E-state index contributed by atoms with van der Waals surface area (Å²) in [6.07, 6.45) is -1.34. The molecule has 3 N–H and O–H groups in total. The predicted molar refractivity (Wildman–Crippen MR) is 142 cm³/mol. The van der Waals surface area contributed by atoms with E-state index in [0.29, 0.717) is 6.54 Å². The molecular weight excluding hydrogens is 535 g/mol.